The first-order valence-corrected chi connectivity index (χ1v) is 11.8. The minimum Gasteiger partial charge on any atom is -0.463 e. The molecule has 5 rings (SSSR count). The molecule has 9 nitrogen and oxygen atoms in total. The van der Waals surface area contributed by atoms with Gasteiger partial charge in [0.05, 0.1) is 29.6 Å². The number of aliphatic hydroxyl groups excluding tert-OH is 1. The SMILES string of the molecule is O=S1COc2nc(C3CCN(c4ncc(Cl)cn4)CC3)nc(NC3(CO)CCC3)c21. The molecule has 11 heteroatoms. The van der Waals surface area contributed by atoms with Gasteiger partial charge in [0.15, 0.2) is 11.8 Å². The fraction of sp³-hybridized carbons (Fsp3) is 0.579. The third kappa shape index (κ3) is 3.61. The molecule has 0 radical (unpaired) electrons. The highest BCUT2D eigenvalue weighted by atomic mass is 35.5. The Kier molecular flexibility index (Phi) is 5.24. The predicted molar refractivity (Wildman–Crippen MR) is 112 cm³/mol. The van der Waals surface area contributed by atoms with Gasteiger partial charge in [-0.1, -0.05) is 11.6 Å². The van der Waals surface area contributed by atoms with Crippen LogP contribution in [0.5, 0.6) is 5.88 Å². The van der Waals surface area contributed by atoms with E-state index < -0.39 is 10.8 Å². The van der Waals surface area contributed by atoms with Gasteiger partial charge in [-0.25, -0.2) is 15.0 Å². The number of fused-ring (bicyclic) bond motifs is 1. The number of ether oxygens (including phenoxy) is 1. The molecule has 4 heterocycles. The molecular weight excluding hydrogens is 428 g/mol. The van der Waals surface area contributed by atoms with Gasteiger partial charge >= 0.3 is 0 Å². The molecule has 1 unspecified atom stereocenters. The van der Waals surface area contributed by atoms with E-state index >= 15 is 0 Å². The third-order valence-electron chi connectivity index (χ3n) is 6.13. The second-order valence-electron chi connectivity index (χ2n) is 8.05. The fourth-order valence-electron chi connectivity index (χ4n) is 4.17. The summed E-state index contributed by atoms with van der Waals surface area (Å²) in [5, 5.41) is 13.7. The maximum absolute atomic E-state index is 12.5. The summed E-state index contributed by atoms with van der Waals surface area (Å²) in [7, 11) is -1.30. The highest BCUT2D eigenvalue weighted by molar-refractivity contribution is 7.85. The Labute approximate surface area is 181 Å². The van der Waals surface area contributed by atoms with Crippen LogP contribution in [0.3, 0.4) is 0 Å². The maximum Gasteiger partial charge on any atom is 0.236 e. The summed E-state index contributed by atoms with van der Waals surface area (Å²) in [6, 6.07) is 0. The van der Waals surface area contributed by atoms with Gasteiger partial charge in [-0.3, -0.25) is 4.21 Å². The number of rotatable bonds is 5. The molecule has 2 aromatic rings. The normalized spacial score (nSPS) is 22.9. The predicted octanol–water partition coefficient (Wildman–Crippen LogP) is 2.09. The average Bonchev–Trinajstić information content (AvgIpc) is 3.12. The molecule has 3 aliphatic rings. The van der Waals surface area contributed by atoms with Crippen molar-refractivity contribution in [3.63, 3.8) is 0 Å². The summed E-state index contributed by atoms with van der Waals surface area (Å²) >= 11 is 5.88. The van der Waals surface area contributed by atoms with E-state index in [1.54, 1.807) is 12.4 Å². The van der Waals surface area contributed by atoms with Crippen molar-refractivity contribution in [3.05, 3.63) is 23.2 Å². The third-order valence-corrected chi connectivity index (χ3v) is 7.48. The number of aromatic nitrogens is 4. The smallest absolute Gasteiger partial charge is 0.236 e. The average molecular weight is 451 g/mol. The summed E-state index contributed by atoms with van der Waals surface area (Å²) in [5.74, 6) is 2.56. The van der Waals surface area contributed by atoms with Crippen LogP contribution in [0.1, 0.15) is 43.8 Å². The number of anilines is 2. The lowest BCUT2D eigenvalue weighted by Crippen LogP contribution is -2.48. The Morgan fingerprint density at radius 2 is 2.00 bits per heavy atom. The molecule has 0 spiro atoms. The number of nitrogens with zero attached hydrogens (tertiary/aromatic N) is 5. The number of hydrogen-bond donors (Lipinski definition) is 2. The van der Waals surface area contributed by atoms with Crippen molar-refractivity contribution in [2.75, 3.05) is 35.9 Å². The van der Waals surface area contributed by atoms with Gasteiger partial charge in [-0.05, 0) is 32.1 Å². The van der Waals surface area contributed by atoms with Crippen LogP contribution in [0.25, 0.3) is 0 Å². The highest BCUT2D eigenvalue weighted by Gasteiger charge is 2.39. The number of halogens is 1. The van der Waals surface area contributed by atoms with Crippen molar-refractivity contribution in [1.29, 1.82) is 0 Å². The second kappa shape index (κ2) is 7.90. The lowest BCUT2D eigenvalue weighted by Gasteiger charge is -2.41. The van der Waals surface area contributed by atoms with Crippen LogP contribution >= 0.6 is 11.6 Å². The van der Waals surface area contributed by atoms with Gasteiger partial charge in [0, 0.05) is 19.0 Å². The number of aliphatic hydroxyl groups is 1. The van der Waals surface area contributed by atoms with Gasteiger partial charge in [0.25, 0.3) is 0 Å². The van der Waals surface area contributed by atoms with Crippen LogP contribution in [-0.4, -0.2) is 60.4 Å². The summed E-state index contributed by atoms with van der Waals surface area (Å²) in [6.45, 7) is 1.58. The standard InChI is InChI=1S/C19H23ClN6O3S/c20-13-8-21-18(22-9-13)26-6-2-12(3-7-26)15-23-16(25-19(10-27)4-1-5-19)14-17(24-15)29-11-30(14)28/h8-9,12,27H,1-7,10-11H2,(H,23,24,25). The van der Waals surface area contributed by atoms with E-state index in [9.17, 15) is 9.32 Å². The van der Waals surface area contributed by atoms with Crippen LogP contribution in [0, 0.1) is 0 Å². The molecular formula is C19H23ClN6O3S. The van der Waals surface area contributed by atoms with Crippen LogP contribution in [0.4, 0.5) is 11.8 Å². The van der Waals surface area contributed by atoms with Crippen LogP contribution in [0.15, 0.2) is 17.3 Å². The van der Waals surface area contributed by atoms with E-state index in [0.717, 1.165) is 45.2 Å². The summed E-state index contributed by atoms with van der Waals surface area (Å²) < 4.78 is 18.0. The summed E-state index contributed by atoms with van der Waals surface area (Å²) in [4.78, 5) is 20.6. The Morgan fingerprint density at radius 1 is 1.27 bits per heavy atom. The van der Waals surface area contributed by atoms with E-state index in [4.69, 9.17) is 21.3 Å². The fourth-order valence-corrected chi connectivity index (χ4v) is 5.21. The molecule has 2 fully saturated rings. The maximum atomic E-state index is 12.5. The minimum absolute atomic E-state index is 0.0219. The largest absolute Gasteiger partial charge is 0.463 e. The van der Waals surface area contributed by atoms with Crippen molar-refractivity contribution in [2.45, 2.75) is 48.5 Å². The molecule has 1 atom stereocenters. The Balaban J connectivity index is 1.37. The minimum atomic E-state index is -1.30. The molecule has 0 amide bonds. The molecule has 1 saturated heterocycles. The monoisotopic (exact) mass is 450 g/mol. The summed E-state index contributed by atoms with van der Waals surface area (Å²) in [5.41, 5.74) is -0.387. The lowest BCUT2D eigenvalue weighted by molar-refractivity contribution is 0.143. The Hall–Kier alpha value is -2.04. The van der Waals surface area contributed by atoms with Gasteiger partial charge in [0.1, 0.15) is 21.5 Å². The van der Waals surface area contributed by atoms with E-state index in [2.05, 4.69) is 25.2 Å². The van der Waals surface area contributed by atoms with Gasteiger partial charge in [-0.2, -0.15) is 4.98 Å². The van der Waals surface area contributed by atoms with E-state index in [-0.39, 0.29) is 24.0 Å². The topological polar surface area (TPSA) is 113 Å². The molecule has 1 saturated carbocycles. The van der Waals surface area contributed by atoms with Gasteiger partial charge in [0.2, 0.25) is 11.8 Å². The molecule has 30 heavy (non-hydrogen) atoms. The first kappa shape index (κ1) is 19.9. The van der Waals surface area contributed by atoms with Crippen LogP contribution in [0.2, 0.25) is 5.02 Å². The van der Waals surface area contributed by atoms with Crippen LogP contribution < -0.4 is 15.0 Å². The molecule has 2 aromatic heterocycles. The van der Waals surface area contributed by atoms with Gasteiger partial charge < -0.3 is 20.1 Å². The summed E-state index contributed by atoms with van der Waals surface area (Å²) in [6.07, 6.45) is 7.68. The van der Waals surface area contributed by atoms with E-state index in [1.165, 1.54) is 0 Å². The van der Waals surface area contributed by atoms with E-state index in [0.29, 0.717) is 33.4 Å². The molecule has 0 aromatic carbocycles. The quantitative estimate of drug-likeness (QED) is 0.706. The zero-order valence-electron chi connectivity index (χ0n) is 16.4. The second-order valence-corrected chi connectivity index (χ2v) is 9.82. The zero-order chi connectivity index (χ0) is 20.7. The van der Waals surface area contributed by atoms with E-state index in [1.807, 2.05) is 0 Å². The zero-order valence-corrected chi connectivity index (χ0v) is 18.0. The number of nitrogens with one attached hydrogen (secondary N) is 1. The van der Waals surface area contributed by atoms with Crippen molar-refractivity contribution >= 4 is 34.2 Å². The Bertz CT molecular complexity index is 958. The van der Waals surface area contributed by atoms with Crippen molar-refractivity contribution in [1.82, 2.24) is 19.9 Å². The highest BCUT2D eigenvalue weighted by Crippen LogP contribution is 2.40. The molecule has 1 aliphatic carbocycles. The molecule has 2 aliphatic heterocycles. The van der Waals surface area contributed by atoms with Crippen molar-refractivity contribution in [3.8, 4) is 5.88 Å². The Morgan fingerprint density at radius 3 is 2.63 bits per heavy atom. The molecule has 160 valence electrons. The molecule has 0 bridgehead atoms. The first-order valence-electron chi connectivity index (χ1n) is 10.1. The first-order chi connectivity index (χ1) is 14.6. The van der Waals surface area contributed by atoms with Crippen molar-refractivity contribution < 1.29 is 14.1 Å². The number of piperidine rings is 1. The van der Waals surface area contributed by atoms with Gasteiger partial charge in [-0.15, -0.1) is 0 Å². The number of hydrogen-bond acceptors (Lipinski definition) is 9. The van der Waals surface area contributed by atoms with Crippen LogP contribution in [-0.2, 0) is 10.8 Å². The molecule has 2 N–H and O–H groups in total. The lowest BCUT2D eigenvalue weighted by atomic mass is 9.77. The van der Waals surface area contributed by atoms with Crippen molar-refractivity contribution in [2.24, 2.45) is 0 Å².